The Morgan fingerprint density at radius 2 is 2.00 bits per heavy atom. The van der Waals surface area contributed by atoms with Gasteiger partial charge < -0.3 is 15.0 Å². The first-order chi connectivity index (χ1) is 12.9. The second kappa shape index (κ2) is 9.16. The van der Waals surface area contributed by atoms with Gasteiger partial charge in [-0.2, -0.15) is 0 Å². The van der Waals surface area contributed by atoms with E-state index >= 15 is 0 Å². The second-order valence-corrected chi connectivity index (χ2v) is 6.51. The molecule has 0 spiro atoms. The van der Waals surface area contributed by atoms with Crippen LogP contribution in [0, 0.1) is 5.92 Å². The Morgan fingerprint density at radius 1 is 1.30 bits per heavy atom. The van der Waals surface area contributed by atoms with Gasteiger partial charge in [0, 0.05) is 25.7 Å². The van der Waals surface area contributed by atoms with Crippen molar-refractivity contribution in [1.82, 2.24) is 10.6 Å². The molecule has 146 valence electrons. The lowest BCUT2D eigenvalue weighted by atomic mass is 9.96. The van der Waals surface area contributed by atoms with Crippen molar-refractivity contribution in [3.8, 4) is 0 Å². The van der Waals surface area contributed by atoms with E-state index in [1.807, 2.05) is 29.6 Å². The third-order valence-corrected chi connectivity index (χ3v) is 4.65. The number of nitrogens with zero attached hydrogens (tertiary/aromatic N) is 1. The zero-order chi connectivity index (χ0) is 20.0. The van der Waals surface area contributed by atoms with Crippen molar-refractivity contribution in [2.45, 2.75) is 32.6 Å². The van der Waals surface area contributed by atoms with Crippen LogP contribution in [-0.4, -0.2) is 44.0 Å². The topological polar surface area (TPSA) is 105 Å². The third-order valence-electron chi connectivity index (χ3n) is 4.65. The Bertz CT molecular complexity index is 734. The highest BCUT2D eigenvalue weighted by Gasteiger charge is 2.37. The summed E-state index contributed by atoms with van der Waals surface area (Å²) in [5.41, 5.74) is 1.87. The van der Waals surface area contributed by atoms with Crippen LogP contribution in [-0.2, 0) is 19.1 Å². The molecule has 1 aliphatic rings. The van der Waals surface area contributed by atoms with Crippen LogP contribution in [0.1, 0.15) is 38.2 Å². The number of carbonyl (C=O) groups excluding carboxylic acids is 4. The molecule has 0 radical (unpaired) electrons. The van der Waals surface area contributed by atoms with Gasteiger partial charge in [0.15, 0.2) is 6.61 Å². The number of amides is 4. The van der Waals surface area contributed by atoms with Crippen LogP contribution >= 0.6 is 0 Å². The first-order valence-corrected chi connectivity index (χ1v) is 8.94. The Hall–Kier alpha value is -2.90. The number of hydrogen-bond donors (Lipinski definition) is 2. The summed E-state index contributed by atoms with van der Waals surface area (Å²) < 4.78 is 4.95. The first-order valence-electron chi connectivity index (χ1n) is 8.94. The predicted molar refractivity (Wildman–Crippen MR) is 99.2 cm³/mol. The van der Waals surface area contributed by atoms with Crippen LogP contribution in [0.25, 0.3) is 0 Å². The molecule has 8 nitrogen and oxygen atoms in total. The number of imide groups is 1. The maximum absolute atomic E-state index is 12.5. The van der Waals surface area contributed by atoms with Crippen LogP contribution in [0.4, 0.5) is 10.5 Å². The fraction of sp³-hybridized carbons (Fsp3) is 0.474. The number of hydrogen-bond acceptors (Lipinski definition) is 5. The van der Waals surface area contributed by atoms with Crippen molar-refractivity contribution in [2.24, 2.45) is 5.92 Å². The number of benzene rings is 1. The Kier molecular flexibility index (Phi) is 6.92. The van der Waals surface area contributed by atoms with Gasteiger partial charge in [-0.1, -0.05) is 32.0 Å². The van der Waals surface area contributed by atoms with E-state index < -0.39 is 30.4 Å². The van der Waals surface area contributed by atoms with Crippen LogP contribution in [0.5, 0.6) is 0 Å². The standard InChI is InChI=1S/C19H25N3O5/c1-4-12(2)14-7-5-6-8-15(14)22-10-13(9-17(22)24)18(25)27-11-16(23)21-19(26)20-3/h5-8,12-13H,4,9-11H2,1-3H3,(H2,20,21,23,26)/t12-,13+/m1/s1. The van der Waals surface area contributed by atoms with E-state index in [0.29, 0.717) is 0 Å². The number of ether oxygens (including phenoxy) is 1. The zero-order valence-electron chi connectivity index (χ0n) is 15.8. The molecular formula is C19H25N3O5. The van der Waals surface area contributed by atoms with Crippen molar-refractivity contribution in [2.75, 3.05) is 25.1 Å². The molecule has 0 unspecified atom stereocenters. The summed E-state index contributed by atoms with van der Waals surface area (Å²) >= 11 is 0. The molecule has 0 aromatic heterocycles. The molecule has 2 rings (SSSR count). The summed E-state index contributed by atoms with van der Waals surface area (Å²) in [7, 11) is 1.37. The number of rotatable bonds is 6. The van der Waals surface area contributed by atoms with Gasteiger partial charge in [0.05, 0.1) is 5.92 Å². The number of urea groups is 1. The summed E-state index contributed by atoms with van der Waals surface area (Å²) in [6.45, 7) is 3.82. The highest BCUT2D eigenvalue weighted by molar-refractivity contribution is 6.00. The largest absolute Gasteiger partial charge is 0.455 e. The van der Waals surface area contributed by atoms with Gasteiger partial charge in [0.25, 0.3) is 5.91 Å². The maximum Gasteiger partial charge on any atom is 0.321 e. The number of esters is 1. The van der Waals surface area contributed by atoms with Crippen LogP contribution in [0.15, 0.2) is 24.3 Å². The Labute approximate surface area is 158 Å². The van der Waals surface area contributed by atoms with Gasteiger partial charge in [0.2, 0.25) is 5.91 Å². The molecule has 27 heavy (non-hydrogen) atoms. The molecule has 0 aliphatic carbocycles. The summed E-state index contributed by atoms with van der Waals surface area (Å²) in [6.07, 6.45) is 0.968. The van der Waals surface area contributed by atoms with Crippen molar-refractivity contribution in [3.05, 3.63) is 29.8 Å². The van der Waals surface area contributed by atoms with Crippen molar-refractivity contribution >= 4 is 29.5 Å². The molecule has 1 heterocycles. The molecule has 0 saturated carbocycles. The van der Waals surface area contributed by atoms with Crippen LogP contribution in [0.3, 0.4) is 0 Å². The normalized spacial score (nSPS) is 17.4. The summed E-state index contributed by atoms with van der Waals surface area (Å²) in [5.74, 6) is -1.86. The number of anilines is 1. The molecule has 1 saturated heterocycles. The smallest absolute Gasteiger partial charge is 0.321 e. The SMILES string of the molecule is CC[C@@H](C)c1ccccc1N1C[C@@H](C(=O)OCC(=O)NC(=O)NC)CC1=O. The molecule has 8 heteroatoms. The van der Waals surface area contributed by atoms with Crippen molar-refractivity contribution in [3.63, 3.8) is 0 Å². The number of para-hydroxylation sites is 1. The minimum Gasteiger partial charge on any atom is -0.455 e. The second-order valence-electron chi connectivity index (χ2n) is 6.51. The molecular weight excluding hydrogens is 350 g/mol. The van der Waals surface area contributed by atoms with E-state index in [0.717, 1.165) is 17.7 Å². The molecule has 4 amide bonds. The lowest BCUT2D eigenvalue weighted by molar-refractivity contribution is -0.152. The average molecular weight is 375 g/mol. The van der Waals surface area contributed by atoms with Crippen molar-refractivity contribution < 1.29 is 23.9 Å². The first kappa shape index (κ1) is 20.4. The lowest BCUT2D eigenvalue weighted by Gasteiger charge is -2.23. The number of carbonyl (C=O) groups is 4. The summed E-state index contributed by atoms with van der Waals surface area (Å²) in [6, 6.07) is 6.99. The van der Waals surface area contributed by atoms with E-state index in [-0.39, 0.29) is 24.8 Å². The molecule has 0 bridgehead atoms. The van der Waals surface area contributed by atoms with E-state index in [1.165, 1.54) is 7.05 Å². The Morgan fingerprint density at radius 3 is 2.67 bits per heavy atom. The molecule has 1 aromatic carbocycles. The maximum atomic E-state index is 12.5. The third kappa shape index (κ3) is 5.06. The van der Waals surface area contributed by atoms with Gasteiger partial charge in [-0.15, -0.1) is 0 Å². The number of nitrogens with one attached hydrogen (secondary N) is 2. The zero-order valence-corrected chi connectivity index (χ0v) is 15.8. The minimum absolute atomic E-state index is 0.0325. The Balaban J connectivity index is 2.00. The van der Waals surface area contributed by atoms with Gasteiger partial charge in [-0.25, -0.2) is 4.79 Å². The molecule has 2 atom stereocenters. The van der Waals surface area contributed by atoms with E-state index in [9.17, 15) is 19.2 Å². The molecule has 1 aromatic rings. The predicted octanol–water partition coefficient (Wildman–Crippen LogP) is 1.55. The van der Waals surface area contributed by atoms with Crippen LogP contribution < -0.4 is 15.5 Å². The van der Waals surface area contributed by atoms with E-state index in [2.05, 4.69) is 19.2 Å². The van der Waals surface area contributed by atoms with E-state index in [4.69, 9.17) is 4.74 Å². The fourth-order valence-corrected chi connectivity index (χ4v) is 2.95. The highest BCUT2D eigenvalue weighted by atomic mass is 16.5. The molecule has 1 fully saturated rings. The van der Waals surface area contributed by atoms with E-state index in [1.54, 1.807) is 4.90 Å². The van der Waals surface area contributed by atoms with Gasteiger partial charge in [-0.05, 0) is 24.0 Å². The minimum atomic E-state index is -0.731. The lowest BCUT2D eigenvalue weighted by Crippen LogP contribution is -2.40. The van der Waals surface area contributed by atoms with Gasteiger partial charge in [-0.3, -0.25) is 19.7 Å². The van der Waals surface area contributed by atoms with Crippen molar-refractivity contribution in [1.29, 1.82) is 0 Å². The summed E-state index contributed by atoms with van der Waals surface area (Å²) in [4.78, 5) is 48.8. The van der Waals surface area contributed by atoms with Gasteiger partial charge in [0.1, 0.15) is 0 Å². The monoisotopic (exact) mass is 375 g/mol. The van der Waals surface area contributed by atoms with Gasteiger partial charge >= 0.3 is 12.0 Å². The average Bonchev–Trinajstić information content (AvgIpc) is 3.06. The fourth-order valence-electron chi connectivity index (χ4n) is 2.95. The molecule has 1 aliphatic heterocycles. The quantitative estimate of drug-likeness (QED) is 0.734. The van der Waals surface area contributed by atoms with Crippen LogP contribution in [0.2, 0.25) is 0 Å². The summed E-state index contributed by atoms with van der Waals surface area (Å²) in [5, 5.41) is 4.23. The highest BCUT2D eigenvalue weighted by Crippen LogP contribution is 2.33. The molecule has 2 N–H and O–H groups in total.